The summed E-state index contributed by atoms with van der Waals surface area (Å²) in [6.45, 7) is 4.77. The lowest BCUT2D eigenvalue weighted by Gasteiger charge is -2.61. The molecular weight excluding hydrogens is 384 g/mol. The molecule has 2 atom stereocenters. The first-order chi connectivity index (χ1) is 14.3. The van der Waals surface area contributed by atoms with Crippen molar-refractivity contribution < 1.29 is 9.72 Å². The van der Waals surface area contributed by atoms with Crippen LogP contribution in [0.3, 0.4) is 0 Å². The lowest BCUT2D eigenvalue weighted by Crippen LogP contribution is -2.57. The van der Waals surface area contributed by atoms with Crippen molar-refractivity contribution in [2.45, 2.75) is 70.9 Å². The number of carbonyl (C=O) groups is 1. The topological polar surface area (TPSA) is 108 Å². The largest absolute Gasteiger partial charge is 0.323 e. The van der Waals surface area contributed by atoms with E-state index in [0.29, 0.717) is 18.3 Å². The van der Waals surface area contributed by atoms with Crippen molar-refractivity contribution in [2.75, 3.05) is 5.32 Å². The summed E-state index contributed by atoms with van der Waals surface area (Å²) in [4.78, 5) is 23.8. The van der Waals surface area contributed by atoms with Crippen LogP contribution in [0.4, 0.5) is 11.4 Å². The second kappa shape index (κ2) is 6.65. The molecule has 160 valence electrons. The number of nitrogens with zero attached hydrogens (tertiary/aromatic N) is 5. The fourth-order valence-corrected chi connectivity index (χ4v) is 6.97. The van der Waals surface area contributed by atoms with E-state index in [0.717, 1.165) is 50.0 Å². The van der Waals surface area contributed by atoms with Gasteiger partial charge in [0.15, 0.2) is 0 Å². The van der Waals surface area contributed by atoms with Crippen molar-refractivity contribution in [3.8, 4) is 0 Å². The molecule has 2 aromatic rings. The van der Waals surface area contributed by atoms with Crippen LogP contribution in [-0.2, 0) is 16.9 Å². The third kappa shape index (κ3) is 3.02. The molecule has 9 nitrogen and oxygen atoms in total. The van der Waals surface area contributed by atoms with Crippen LogP contribution in [0.5, 0.6) is 0 Å². The number of anilines is 1. The van der Waals surface area contributed by atoms with Gasteiger partial charge in [0.2, 0.25) is 5.91 Å². The first kappa shape index (κ1) is 19.3. The number of aryl methyl sites for hydroxylation is 1. The minimum Gasteiger partial charge on any atom is -0.323 e. The van der Waals surface area contributed by atoms with Crippen molar-refractivity contribution in [1.82, 2.24) is 19.6 Å². The van der Waals surface area contributed by atoms with Gasteiger partial charge in [-0.15, -0.1) is 0 Å². The minimum atomic E-state index is -0.383. The molecule has 4 fully saturated rings. The Hall–Kier alpha value is -2.71. The van der Waals surface area contributed by atoms with Crippen LogP contribution in [0.2, 0.25) is 0 Å². The van der Waals surface area contributed by atoms with Crippen molar-refractivity contribution >= 4 is 17.3 Å². The molecule has 2 heterocycles. The van der Waals surface area contributed by atoms with Gasteiger partial charge in [-0.05, 0) is 69.6 Å². The van der Waals surface area contributed by atoms with Crippen LogP contribution in [0.1, 0.15) is 57.6 Å². The fourth-order valence-electron chi connectivity index (χ4n) is 6.97. The summed E-state index contributed by atoms with van der Waals surface area (Å²) < 4.78 is 3.73. The molecule has 9 heteroatoms. The Balaban J connectivity index is 1.38. The van der Waals surface area contributed by atoms with E-state index in [1.54, 1.807) is 12.4 Å². The van der Waals surface area contributed by atoms with Crippen LogP contribution >= 0.6 is 0 Å². The molecule has 30 heavy (non-hydrogen) atoms. The summed E-state index contributed by atoms with van der Waals surface area (Å²) in [7, 11) is 0. The number of nitrogens with one attached hydrogen (secondary N) is 1. The van der Waals surface area contributed by atoms with E-state index in [2.05, 4.69) is 15.5 Å². The number of aromatic nitrogens is 4. The van der Waals surface area contributed by atoms with Gasteiger partial charge < -0.3 is 5.32 Å². The van der Waals surface area contributed by atoms with Gasteiger partial charge >= 0.3 is 5.69 Å². The summed E-state index contributed by atoms with van der Waals surface area (Å²) >= 11 is 0. The number of hydrogen-bond donors (Lipinski definition) is 1. The van der Waals surface area contributed by atoms with Crippen molar-refractivity contribution in [2.24, 2.45) is 17.3 Å². The first-order valence-corrected chi connectivity index (χ1v) is 10.8. The van der Waals surface area contributed by atoms with E-state index >= 15 is 0 Å². The normalized spacial score (nSPS) is 31.8. The minimum absolute atomic E-state index is 0.0392. The highest BCUT2D eigenvalue weighted by atomic mass is 16.6. The molecule has 4 saturated carbocycles. The number of nitro groups is 1. The Morgan fingerprint density at radius 2 is 2.00 bits per heavy atom. The molecule has 4 aliphatic rings. The number of hydrogen-bond acceptors (Lipinski definition) is 5. The molecule has 4 bridgehead atoms. The summed E-state index contributed by atoms with van der Waals surface area (Å²) in [5.74, 6) is 1.16. The Morgan fingerprint density at radius 1 is 1.27 bits per heavy atom. The lowest BCUT2D eigenvalue weighted by atomic mass is 9.46. The van der Waals surface area contributed by atoms with E-state index < -0.39 is 0 Å². The second-order valence-electron chi connectivity index (χ2n) is 9.77. The maximum atomic E-state index is 13.0. The number of rotatable bonds is 6. The molecule has 0 spiro atoms. The lowest BCUT2D eigenvalue weighted by molar-refractivity contribution is -0.385. The highest BCUT2D eigenvalue weighted by Crippen LogP contribution is 2.65. The Labute approximate surface area is 175 Å². The average molecular weight is 412 g/mol. The van der Waals surface area contributed by atoms with Crippen molar-refractivity contribution in [3.05, 3.63) is 34.4 Å². The maximum Gasteiger partial charge on any atom is 0.307 e. The molecule has 0 radical (unpaired) electrons. The van der Waals surface area contributed by atoms with Gasteiger partial charge in [0.05, 0.1) is 28.0 Å². The SMILES string of the molecule is CCn1ncc(NC(=O)CC23CC4CC(C2)CC(n2cc([N+](=O)[O-])cn2)(C4)C3)c1C. The average Bonchev–Trinajstić information content (AvgIpc) is 3.28. The molecule has 0 aromatic carbocycles. The quantitative estimate of drug-likeness (QED) is 0.576. The zero-order valence-electron chi connectivity index (χ0n) is 17.5. The highest BCUT2D eigenvalue weighted by molar-refractivity contribution is 5.91. The van der Waals surface area contributed by atoms with Crippen LogP contribution in [0.15, 0.2) is 18.6 Å². The van der Waals surface area contributed by atoms with Crippen LogP contribution < -0.4 is 5.32 Å². The van der Waals surface area contributed by atoms with Crippen LogP contribution in [-0.4, -0.2) is 30.4 Å². The Kier molecular flexibility index (Phi) is 4.27. The zero-order valence-corrected chi connectivity index (χ0v) is 17.5. The summed E-state index contributed by atoms with van der Waals surface area (Å²) in [5.41, 5.74) is 1.55. The molecular formula is C21H28N6O3. The summed E-state index contributed by atoms with van der Waals surface area (Å²) in [6.07, 6.45) is 11.4. The predicted molar refractivity (Wildman–Crippen MR) is 110 cm³/mol. The Morgan fingerprint density at radius 3 is 2.60 bits per heavy atom. The van der Waals surface area contributed by atoms with Gasteiger partial charge in [-0.1, -0.05) is 0 Å². The molecule has 6 rings (SSSR count). The van der Waals surface area contributed by atoms with Gasteiger partial charge in [0.1, 0.15) is 12.4 Å². The zero-order chi connectivity index (χ0) is 21.1. The molecule has 2 unspecified atom stereocenters. The van der Waals surface area contributed by atoms with Crippen LogP contribution in [0.25, 0.3) is 0 Å². The monoisotopic (exact) mass is 412 g/mol. The van der Waals surface area contributed by atoms with Gasteiger partial charge in [0, 0.05) is 13.0 Å². The van der Waals surface area contributed by atoms with E-state index in [1.807, 2.05) is 23.2 Å². The van der Waals surface area contributed by atoms with Gasteiger partial charge in [-0.3, -0.25) is 24.3 Å². The predicted octanol–water partition coefficient (Wildman–Crippen LogP) is 3.64. The molecule has 0 aliphatic heterocycles. The number of amides is 1. The third-order valence-corrected chi connectivity index (χ3v) is 7.63. The second-order valence-corrected chi connectivity index (χ2v) is 9.77. The smallest absolute Gasteiger partial charge is 0.307 e. The molecule has 1 N–H and O–H groups in total. The van der Waals surface area contributed by atoms with E-state index in [4.69, 9.17) is 0 Å². The Bertz CT molecular complexity index is 994. The summed E-state index contributed by atoms with van der Waals surface area (Å²) in [6, 6.07) is 0. The highest BCUT2D eigenvalue weighted by Gasteiger charge is 2.59. The molecule has 4 aliphatic carbocycles. The van der Waals surface area contributed by atoms with Crippen molar-refractivity contribution in [1.29, 1.82) is 0 Å². The molecule has 2 aromatic heterocycles. The van der Waals surface area contributed by atoms with Gasteiger partial charge in [-0.2, -0.15) is 10.2 Å². The third-order valence-electron chi connectivity index (χ3n) is 7.63. The molecule has 1 amide bonds. The van der Waals surface area contributed by atoms with Gasteiger partial charge in [0.25, 0.3) is 0 Å². The molecule has 0 saturated heterocycles. The van der Waals surface area contributed by atoms with E-state index in [9.17, 15) is 14.9 Å². The first-order valence-electron chi connectivity index (χ1n) is 10.8. The van der Waals surface area contributed by atoms with E-state index in [-0.39, 0.29) is 27.5 Å². The van der Waals surface area contributed by atoms with Crippen molar-refractivity contribution in [3.63, 3.8) is 0 Å². The maximum absolute atomic E-state index is 13.0. The van der Waals surface area contributed by atoms with E-state index in [1.165, 1.54) is 12.6 Å². The van der Waals surface area contributed by atoms with Crippen LogP contribution in [0, 0.1) is 34.3 Å². The van der Waals surface area contributed by atoms with Gasteiger partial charge in [-0.25, -0.2) is 0 Å². The number of carbonyl (C=O) groups excluding carboxylic acids is 1. The standard InChI is InChI=1S/C21H28N6O3/c1-3-25-14(2)18(11-22-25)24-19(28)9-20-5-15-4-16(6-20)8-21(7-15,13-20)26-12-17(10-23-26)27(29)30/h10-12,15-16H,3-9,13H2,1-2H3,(H,24,28). The summed E-state index contributed by atoms with van der Waals surface area (Å²) in [5, 5.41) is 23.0. The fraction of sp³-hybridized carbons (Fsp3) is 0.667.